The first-order valence-corrected chi connectivity index (χ1v) is 6.66. The zero-order chi connectivity index (χ0) is 11.4. The van der Waals surface area contributed by atoms with Crippen LogP contribution in [-0.2, 0) is 9.47 Å². The molecule has 3 nitrogen and oxygen atoms in total. The number of nitrogens with two attached hydrogens (primary N) is 1. The highest BCUT2D eigenvalue weighted by molar-refractivity contribution is 4.92. The van der Waals surface area contributed by atoms with E-state index >= 15 is 0 Å². The molecule has 0 aromatic rings. The van der Waals surface area contributed by atoms with E-state index in [1.165, 1.54) is 38.5 Å². The zero-order valence-corrected chi connectivity index (χ0v) is 10.4. The number of ether oxygens (including phenoxy) is 2. The van der Waals surface area contributed by atoms with Crippen LogP contribution in [0.15, 0.2) is 0 Å². The lowest BCUT2D eigenvalue weighted by Gasteiger charge is -2.24. The minimum atomic E-state index is 0.175. The Hall–Kier alpha value is -0.120. The van der Waals surface area contributed by atoms with Gasteiger partial charge in [-0.25, -0.2) is 0 Å². The lowest BCUT2D eigenvalue weighted by atomic mass is 9.97. The summed E-state index contributed by atoms with van der Waals surface area (Å²) < 4.78 is 11.3. The van der Waals surface area contributed by atoms with Gasteiger partial charge in [0.25, 0.3) is 0 Å². The Morgan fingerprint density at radius 1 is 1.38 bits per heavy atom. The van der Waals surface area contributed by atoms with E-state index < -0.39 is 0 Å². The Bertz CT molecular complexity index is 214. The fraction of sp³-hybridized carbons (Fsp3) is 1.00. The van der Waals surface area contributed by atoms with E-state index in [0.29, 0.717) is 12.7 Å². The molecule has 2 aliphatic rings. The lowest BCUT2D eigenvalue weighted by Crippen LogP contribution is -2.28. The van der Waals surface area contributed by atoms with Crippen molar-refractivity contribution in [2.75, 3.05) is 13.7 Å². The second-order valence-corrected chi connectivity index (χ2v) is 5.46. The van der Waals surface area contributed by atoms with Crippen molar-refractivity contribution in [2.24, 2.45) is 5.73 Å². The molecule has 2 fully saturated rings. The van der Waals surface area contributed by atoms with Crippen LogP contribution in [0.4, 0.5) is 0 Å². The third-order valence-electron chi connectivity index (χ3n) is 4.09. The molecule has 0 aromatic carbocycles. The monoisotopic (exact) mass is 227 g/mol. The van der Waals surface area contributed by atoms with Crippen molar-refractivity contribution < 1.29 is 9.47 Å². The van der Waals surface area contributed by atoms with Gasteiger partial charge >= 0.3 is 0 Å². The van der Waals surface area contributed by atoms with Gasteiger partial charge in [0.15, 0.2) is 0 Å². The summed E-state index contributed by atoms with van der Waals surface area (Å²) in [6, 6.07) is 0.175. The van der Waals surface area contributed by atoms with E-state index in [2.05, 4.69) is 0 Å². The van der Waals surface area contributed by atoms with Crippen molar-refractivity contribution >= 4 is 0 Å². The van der Waals surface area contributed by atoms with E-state index in [9.17, 15) is 0 Å². The third-order valence-corrected chi connectivity index (χ3v) is 4.09. The van der Waals surface area contributed by atoms with Crippen molar-refractivity contribution in [1.82, 2.24) is 0 Å². The maximum absolute atomic E-state index is 6.24. The van der Waals surface area contributed by atoms with Gasteiger partial charge in [-0.2, -0.15) is 0 Å². The Balaban J connectivity index is 1.68. The van der Waals surface area contributed by atoms with Crippen molar-refractivity contribution in [1.29, 1.82) is 0 Å². The molecule has 2 atom stereocenters. The van der Waals surface area contributed by atoms with Gasteiger partial charge in [-0.15, -0.1) is 0 Å². The summed E-state index contributed by atoms with van der Waals surface area (Å²) in [4.78, 5) is 0. The molecule has 0 aromatic heterocycles. The molecule has 94 valence electrons. The summed E-state index contributed by atoms with van der Waals surface area (Å²) >= 11 is 0. The van der Waals surface area contributed by atoms with Crippen LogP contribution >= 0.6 is 0 Å². The summed E-state index contributed by atoms with van der Waals surface area (Å²) in [6.45, 7) is 0.665. The molecule has 1 aliphatic heterocycles. The van der Waals surface area contributed by atoms with Gasteiger partial charge in [-0.1, -0.05) is 12.8 Å². The Kier molecular flexibility index (Phi) is 4.22. The number of hydrogen-bond donors (Lipinski definition) is 1. The minimum Gasteiger partial charge on any atom is -0.383 e. The molecule has 2 unspecified atom stereocenters. The molecule has 0 amide bonds. The molecule has 2 N–H and O–H groups in total. The van der Waals surface area contributed by atoms with Gasteiger partial charge in [0, 0.05) is 13.2 Å². The van der Waals surface area contributed by atoms with Crippen LogP contribution in [0.25, 0.3) is 0 Å². The fourth-order valence-electron chi connectivity index (χ4n) is 3.18. The normalized spacial score (nSPS) is 30.0. The first-order valence-electron chi connectivity index (χ1n) is 6.66. The van der Waals surface area contributed by atoms with Crippen molar-refractivity contribution in [3.8, 4) is 0 Å². The molecule has 0 radical (unpaired) electrons. The number of rotatable bonds is 5. The molecule has 16 heavy (non-hydrogen) atoms. The molecule has 1 spiro atoms. The highest BCUT2D eigenvalue weighted by Crippen LogP contribution is 2.44. The first kappa shape index (κ1) is 12.3. The SMILES string of the molecule is COCC(N)CCC1CCC2(CCCC2)O1. The van der Waals surface area contributed by atoms with E-state index in [-0.39, 0.29) is 11.6 Å². The van der Waals surface area contributed by atoms with Crippen molar-refractivity contribution in [3.05, 3.63) is 0 Å². The highest BCUT2D eigenvalue weighted by Gasteiger charge is 2.41. The third kappa shape index (κ3) is 2.96. The van der Waals surface area contributed by atoms with Gasteiger partial charge in [-0.05, 0) is 38.5 Å². The molecule has 1 saturated carbocycles. The molecule has 1 saturated heterocycles. The molecule has 3 heteroatoms. The van der Waals surface area contributed by atoms with Crippen LogP contribution in [0.5, 0.6) is 0 Å². The number of hydrogen-bond acceptors (Lipinski definition) is 3. The van der Waals surface area contributed by atoms with Gasteiger partial charge in [-0.3, -0.25) is 0 Å². The summed E-state index contributed by atoms with van der Waals surface area (Å²) in [5.41, 5.74) is 6.20. The predicted molar refractivity (Wildman–Crippen MR) is 64.4 cm³/mol. The Morgan fingerprint density at radius 3 is 2.81 bits per heavy atom. The van der Waals surface area contributed by atoms with Crippen LogP contribution in [-0.4, -0.2) is 31.5 Å². The Labute approximate surface area is 98.7 Å². The van der Waals surface area contributed by atoms with Gasteiger partial charge < -0.3 is 15.2 Å². The van der Waals surface area contributed by atoms with Crippen LogP contribution in [0.3, 0.4) is 0 Å². The smallest absolute Gasteiger partial charge is 0.0687 e. The molecule has 2 rings (SSSR count). The molecular weight excluding hydrogens is 202 g/mol. The van der Waals surface area contributed by atoms with Crippen LogP contribution in [0, 0.1) is 0 Å². The highest BCUT2D eigenvalue weighted by atomic mass is 16.5. The van der Waals surface area contributed by atoms with Crippen LogP contribution in [0.1, 0.15) is 51.4 Å². The quantitative estimate of drug-likeness (QED) is 0.783. The maximum Gasteiger partial charge on any atom is 0.0687 e. The molecule has 0 bridgehead atoms. The summed E-state index contributed by atoms with van der Waals surface area (Å²) in [7, 11) is 1.71. The average molecular weight is 227 g/mol. The van der Waals surface area contributed by atoms with Crippen molar-refractivity contribution in [2.45, 2.75) is 69.1 Å². The van der Waals surface area contributed by atoms with Crippen LogP contribution in [0.2, 0.25) is 0 Å². The maximum atomic E-state index is 6.24. The summed E-state index contributed by atoms with van der Waals surface area (Å²) in [6.07, 6.45) is 10.4. The summed E-state index contributed by atoms with van der Waals surface area (Å²) in [5.74, 6) is 0. The number of methoxy groups -OCH3 is 1. The van der Waals surface area contributed by atoms with E-state index in [1.807, 2.05) is 0 Å². The second-order valence-electron chi connectivity index (χ2n) is 5.46. The van der Waals surface area contributed by atoms with Crippen molar-refractivity contribution in [3.63, 3.8) is 0 Å². The molecule has 1 heterocycles. The largest absolute Gasteiger partial charge is 0.383 e. The zero-order valence-electron chi connectivity index (χ0n) is 10.4. The lowest BCUT2D eigenvalue weighted by molar-refractivity contribution is -0.0403. The molecule has 1 aliphatic carbocycles. The van der Waals surface area contributed by atoms with Gasteiger partial charge in [0.1, 0.15) is 0 Å². The van der Waals surface area contributed by atoms with E-state index in [0.717, 1.165) is 12.8 Å². The standard InChI is InChI=1S/C13H25NO2/c1-15-10-11(14)4-5-12-6-9-13(16-12)7-2-3-8-13/h11-12H,2-10,14H2,1H3. The minimum absolute atomic E-state index is 0.175. The molecular formula is C13H25NO2. The predicted octanol–water partition coefficient (Wildman–Crippen LogP) is 2.23. The van der Waals surface area contributed by atoms with E-state index in [4.69, 9.17) is 15.2 Å². The topological polar surface area (TPSA) is 44.5 Å². The Morgan fingerprint density at radius 2 is 2.12 bits per heavy atom. The fourth-order valence-corrected chi connectivity index (χ4v) is 3.18. The van der Waals surface area contributed by atoms with E-state index in [1.54, 1.807) is 7.11 Å². The van der Waals surface area contributed by atoms with Crippen LogP contribution < -0.4 is 5.73 Å². The first-order chi connectivity index (χ1) is 7.74. The van der Waals surface area contributed by atoms with Gasteiger partial charge in [0.2, 0.25) is 0 Å². The van der Waals surface area contributed by atoms with Gasteiger partial charge in [0.05, 0.1) is 18.3 Å². The second kappa shape index (κ2) is 5.48. The summed E-state index contributed by atoms with van der Waals surface area (Å²) in [5, 5.41) is 0. The average Bonchev–Trinajstić information content (AvgIpc) is 2.88.